The van der Waals surface area contributed by atoms with Crippen molar-refractivity contribution in [3.8, 4) is 135 Å². The lowest BCUT2D eigenvalue weighted by atomic mass is 9.93. The highest BCUT2D eigenvalue weighted by molar-refractivity contribution is 6.15. The molecule has 4 heterocycles. The summed E-state index contributed by atoms with van der Waals surface area (Å²) in [6.45, 7) is 0. The second-order valence-corrected chi connectivity index (χ2v) is 27.4. The molecule has 4 aromatic heterocycles. The third-order valence-electron chi connectivity index (χ3n) is 20.7. The molecule has 0 spiro atoms. The van der Waals surface area contributed by atoms with Crippen LogP contribution in [0.5, 0.6) is 0 Å². The Hall–Kier alpha value is -14.5. The van der Waals surface area contributed by atoms with E-state index >= 15 is 0 Å². The molecule has 0 aliphatic heterocycles. The van der Waals surface area contributed by atoms with Crippen molar-refractivity contribution in [1.82, 2.24) is 29.9 Å². The molecule has 0 saturated carbocycles. The van der Waals surface area contributed by atoms with Gasteiger partial charge in [0, 0.05) is 58.2 Å². The zero-order chi connectivity index (χ0) is 71.7. The van der Waals surface area contributed by atoms with Gasteiger partial charge in [-0.1, -0.05) is 315 Å². The van der Waals surface area contributed by atoms with Gasteiger partial charge in [0.25, 0.3) is 0 Å². The molecule has 0 unspecified atom stereocenters. The zero-order valence-corrected chi connectivity index (χ0v) is 58.8. The van der Waals surface area contributed by atoms with Gasteiger partial charge in [-0.15, -0.1) is 0 Å². The Labute approximate surface area is 626 Å². The summed E-state index contributed by atoms with van der Waals surface area (Å²) in [4.78, 5) is 29.4. The highest BCUT2D eigenvalue weighted by Crippen LogP contribution is 2.41. The van der Waals surface area contributed by atoms with Crippen molar-refractivity contribution in [2.45, 2.75) is 0 Å². The van der Waals surface area contributed by atoms with Crippen LogP contribution in [0.25, 0.3) is 199 Å². The average molecular weight is 1380 g/mol. The maximum absolute atomic E-state index is 5.22. The van der Waals surface area contributed by atoms with Gasteiger partial charge >= 0.3 is 0 Å². The lowest BCUT2D eigenvalue weighted by Crippen LogP contribution is -1.96. The number of aromatic nitrogens is 6. The van der Waals surface area contributed by atoms with Crippen molar-refractivity contribution in [2.75, 3.05) is 0 Å². The summed E-state index contributed by atoms with van der Waals surface area (Å²) in [7, 11) is 0. The van der Waals surface area contributed by atoms with Crippen LogP contribution in [0.4, 0.5) is 0 Å². The van der Waals surface area contributed by atoms with E-state index in [1.807, 2.05) is 24.5 Å². The van der Waals surface area contributed by atoms with Gasteiger partial charge in [-0.3, -0.25) is 9.97 Å². The fourth-order valence-corrected chi connectivity index (χ4v) is 15.1. The first-order valence-electron chi connectivity index (χ1n) is 36.5. The molecule has 6 heteroatoms. The van der Waals surface area contributed by atoms with E-state index in [1.54, 1.807) is 12.4 Å². The van der Waals surface area contributed by atoms with Crippen LogP contribution in [0.2, 0.25) is 0 Å². The van der Waals surface area contributed by atoms with Gasteiger partial charge < -0.3 is 0 Å². The molecule has 0 N–H and O–H groups in total. The molecule has 0 radical (unpaired) electrons. The lowest BCUT2D eigenvalue weighted by Gasteiger charge is -2.13. The van der Waals surface area contributed by atoms with E-state index in [1.165, 1.54) is 86.9 Å². The molecule has 0 fully saturated rings. The summed E-state index contributed by atoms with van der Waals surface area (Å²) in [6, 6.07) is 134. The molecule has 20 rings (SSSR count). The highest BCUT2D eigenvalue weighted by Gasteiger charge is 2.18. The fraction of sp³-hybridized carbons (Fsp3) is 0. The van der Waals surface area contributed by atoms with Gasteiger partial charge in [-0.25, -0.2) is 19.9 Å². The molecule has 0 aliphatic rings. The summed E-state index contributed by atoms with van der Waals surface area (Å²) < 4.78 is 0. The Morgan fingerprint density at radius 3 is 0.843 bits per heavy atom. The largest absolute Gasteiger partial charge is 0.264 e. The highest BCUT2D eigenvalue weighted by atomic mass is 14.9. The number of hydrogen-bond acceptors (Lipinski definition) is 6. The first kappa shape index (κ1) is 64.4. The predicted molar refractivity (Wildman–Crippen MR) is 450 cm³/mol. The maximum Gasteiger partial charge on any atom is 0.160 e. The van der Waals surface area contributed by atoms with Crippen molar-refractivity contribution in [1.29, 1.82) is 0 Å². The van der Waals surface area contributed by atoms with Crippen LogP contribution >= 0.6 is 0 Å². The first-order valence-corrected chi connectivity index (χ1v) is 36.5. The molecule has 0 atom stereocenters. The van der Waals surface area contributed by atoms with Crippen LogP contribution in [0.15, 0.2) is 401 Å². The summed E-state index contributed by atoms with van der Waals surface area (Å²) in [5.74, 6) is 1.37. The smallest absolute Gasteiger partial charge is 0.160 e. The quantitative estimate of drug-likeness (QED) is 0.113. The molecule has 0 bridgehead atoms. The molecule has 16 aromatic carbocycles. The molecular formula is C102H66N6. The molecule has 0 saturated heterocycles. The van der Waals surface area contributed by atoms with Gasteiger partial charge in [-0.2, -0.15) is 0 Å². The third-order valence-corrected chi connectivity index (χ3v) is 20.7. The summed E-state index contributed by atoms with van der Waals surface area (Å²) in [5.41, 5.74) is 23.3. The van der Waals surface area contributed by atoms with Crippen molar-refractivity contribution in [3.05, 3.63) is 401 Å². The fourth-order valence-electron chi connectivity index (χ4n) is 15.1. The van der Waals surface area contributed by atoms with E-state index in [-0.39, 0.29) is 0 Å². The first-order chi connectivity index (χ1) is 53.5. The molecule has 504 valence electrons. The standard InChI is InChI=1S/2C51H33N3/c2*1-2-10-39-29-41(27-20-34(39)9-1)40-12-7-13-43(30-40)50-32-49(37-23-18-35(19-24-37)44-14-8-28-52-33-44)53-51(54-50)38-25-21-36(22-26-38)48-31-42-11-3-4-15-45(42)46-16-5-6-17-47(46)48/h2*1-33H. The maximum atomic E-state index is 5.22. The molecule has 20 aromatic rings. The van der Waals surface area contributed by atoms with Gasteiger partial charge in [0.15, 0.2) is 11.6 Å². The minimum absolute atomic E-state index is 0.685. The van der Waals surface area contributed by atoms with Crippen molar-refractivity contribution >= 4 is 64.6 Å². The summed E-state index contributed by atoms with van der Waals surface area (Å²) >= 11 is 0. The van der Waals surface area contributed by atoms with Crippen molar-refractivity contribution in [3.63, 3.8) is 0 Å². The number of fused-ring (bicyclic) bond motifs is 8. The topological polar surface area (TPSA) is 77.3 Å². The van der Waals surface area contributed by atoms with Gasteiger partial charge in [0.1, 0.15) is 0 Å². The Balaban J connectivity index is 0.000000147. The van der Waals surface area contributed by atoms with Gasteiger partial charge in [0.2, 0.25) is 0 Å². The molecule has 6 nitrogen and oxygen atoms in total. The van der Waals surface area contributed by atoms with Gasteiger partial charge in [0.05, 0.1) is 22.8 Å². The number of hydrogen-bond donors (Lipinski definition) is 0. The normalized spacial score (nSPS) is 11.3. The van der Waals surface area contributed by atoms with E-state index < -0.39 is 0 Å². The van der Waals surface area contributed by atoms with Gasteiger partial charge in [-0.05, 0) is 192 Å². The van der Waals surface area contributed by atoms with E-state index in [2.05, 4.69) is 374 Å². The van der Waals surface area contributed by atoms with Crippen molar-refractivity contribution < 1.29 is 0 Å². The Kier molecular flexibility index (Phi) is 16.9. The van der Waals surface area contributed by atoms with E-state index in [0.717, 1.165) is 101 Å². The third kappa shape index (κ3) is 12.9. The minimum Gasteiger partial charge on any atom is -0.264 e. The van der Waals surface area contributed by atoms with E-state index in [9.17, 15) is 0 Å². The van der Waals surface area contributed by atoms with Crippen LogP contribution in [0.1, 0.15) is 0 Å². The van der Waals surface area contributed by atoms with E-state index in [4.69, 9.17) is 19.9 Å². The SMILES string of the molecule is c1cncc(-c2ccc(-c3cc(-c4cccc(-c5ccc6ccccc6c5)c4)nc(-c4ccc(-c5cc6ccccc6c6ccccc56)cc4)n3)cc2)c1.c1cncc(-c2ccc(-c3cc(-c4cccc(-c5ccc6ccccc6c5)c4)nc(-c4ccc(-c5cc6ccccc6c6ccccc56)cc4)n3)cc2)c1. The minimum atomic E-state index is 0.685. The number of nitrogens with zero attached hydrogens (tertiary/aromatic N) is 6. The molecule has 0 amide bonds. The van der Waals surface area contributed by atoms with Crippen LogP contribution in [0.3, 0.4) is 0 Å². The molecule has 108 heavy (non-hydrogen) atoms. The Morgan fingerprint density at radius 1 is 0.148 bits per heavy atom. The van der Waals surface area contributed by atoms with E-state index in [0.29, 0.717) is 11.6 Å². The number of benzene rings is 16. The average Bonchev–Trinajstić information content (AvgIpc) is 0.764. The van der Waals surface area contributed by atoms with Crippen LogP contribution in [-0.2, 0) is 0 Å². The summed E-state index contributed by atoms with van der Waals surface area (Å²) in [6.07, 6.45) is 7.38. The van der Waals surface area contributed by atoms with Crippen LogP contribution in [-0.4, -0.2) is 29.9 Å². The number of rotatable bonds is 12. The monoisotopic (exact) mass is 1370 g/mol. The molecule has 0 aliphatic carbocycles. The van der Waals surface area contributed by atoms with Crippen LogP contribution < -0.4 is 0 Å². The Bertz CT molecular complexity index is 6350. The van der Waals surface area contributed by atoms with Crippen LogP contribution in [0, 0.1) is 0 Å². The predicted octanol–water partition coefficient (Wildman–Crippen LogP) is 26.7. The zero-order valence-electron chi connectivity index (χ0n) is 58.8. The molecular weight excluding hydrogens is 1310 g/mol. The Morgan fingerprint density at radius 2 is 0.444 bits per heavy atom. The second kappa shape index (κ2) is 28.3. The number of pyridine rings is 2. The summed E-state index contributed by atoms with van der Waals surface area (Å²) in [5, 5.41) is 14.9. The van der Waals surface area contributed by atoms with Crippen molar-refractivity contribution in [2.24, 2.45) is 0 Å². The lowest BCUT2D eigenvalue weighted by molar-refractivity contribution is 1.18. The second-order valence-electron chi connectivity index (χ2n) is 27.4.